The summed E-state index contributed by atoms with van der Waals surface area (Å²) in [6, 6.07) is 16.7. The topological polar surface area (TPSA) is 50.1 Å². The van der Waals surface area contributed by atoms with Gasteiger partial charge in [0, 0.05) is 38.9 Å². The van der Waals surface area contributed by atoms with Crippen LogP contribution in [-0.4, -0.2) is 57.6 Å². The summed E-state index contributed by atoms with van der Waals surface area (Å²) in [7, 11) is 0. The molecule has 1 aliphatic heterocycles. The summed E-state index contributed by atoms with van der Waals surface area (Å²) >= 11 is 0. The second-order valence-electron chi connectivity index (χ2n) is 6.72. The van der Waals surface area contributed by atoms with Gasteiger partial charge in [-0.15, -0.1) is 10.2 Å². The SMILES string of the molecule is Cc1ccn(-c2ccc(N3CCN(CCc4ccccc4)CC3)nn2)n1. The van der Waals surface area contributed by atoms with Crippen LogP contribution < -0.4 is 4.90 Å². The Morgan fingerprint density at radius 3 is 2.23 bits per heavy atom. The summed E-state index contributed by atoms with van der Waals surface area (Å²) in [5, 5.41) is 13.1. The summed E-state index contributed by atoms with van der Waals surface area (Å²) < 4.78 is 1.76. The van der Waals surface area contributed by atoms with E-state index in [1.807, 2.05) is 31.3 Å². The molecule has 0 amide bonds. The van der Waals surface area contributed by atoms with E-state index in [1.54, 1.807) is 4.68 Å². The molecule has 0 atom stereocenters. The Bertz CT molecular complexity index is 819. The Kier molecular flexibility index (Phi) is 4.93. The fraction of sp³-hybridized carbons (Fsp3) is 0.350. The van der Waals surface area contributed by atoms with Crippen LogP contribution in [0.4, 0.5) is 5.82 Å². The van der Waals surface area contributed by atoms with Crippen molar-refractivity contribution in [1.82, 2.24) is 24.9 Å². The standard InChI is InChI=1S/C20H24N6/c1-17-9-12-26(23-17)20-8-7-19(21-22-20)25-15-13-24(14-16-25)11-10-18-5-3-2-4-6-18/h2-9,12H,10-11,13-16H2,1H3. The maximum absolute atomic E-state index is 4.40. The molecule has 1 fully saturated rings. The van der Waals surface area contributed by atoms with E-state index in [-0.39, 0.29) is 0 Å². The van der Waals surface area contributed by atoms with Crippen molar-refractivity contribution in [3.8, 4) is 5.82 Å². The monoisotopic (exact) mass is 348 g/mol. The molecule has 0 unspecified atom stereocenters. The summed E-state index contributed by atoms with van der Waals surface area (Å²) in [5.41, 5.74) is 2.38. The lowest BCUT2D eigenvalue weighted by atomic mass is 10.1. The average Bonchev–Trinajstić information content (AvgIpc) is 3.14. The summed E-state index contributed by atoms with van der Waals surface area (Å²) in [6.07, 6.45) is 3.02. The number of piperazine rings is 1. The van der Waals surface area contributed by atoms with Gasteiger partial charge in [-0.25, -0.2) is 4.68 Å². The van der Waals surface area contributed by atoms with E-state index in [9.17, 15) is 0 Å². The van der Waals surface area contributed by atoms with E-state index in [4.69, 9.17) is 0 Å². The van der Waals surface area contributed by atoms with Crippen molar-refractivity contribution in [2.24, 2.45) is 0 Å². The maximum Gasteiger partial charge on any atom is 0.175 e. The molecule has 1 saturated heterocycles. The Morgan fingerprint density at radius 2 is 1.58 bits per heavy atom. The van der Waals surface area contributed by atoms with Crippen LogP contribution in [-0.2, 0) is 6.42 Å². The molecule has 6 heteroatoms. The van der Waals surface area contributed by atoms with Crippen LogP contribution in [0.2, 0.25) is 0 Å². The number of hydrogen-bond acceptors (Lipinski definition) is 5. The molecule has 3 heterocycles. The van der Waals surface area contributed by atoms with Gasteiger partial charge in [-0.1, -0.05) is 30.3 Å². The second-order valence-corrected chi connectivity index (χ2v) is 6.72. The molecule has 26 heavy (non-hydrogen) atoms. The second kappa shape index (κ2) is 7.66. The summed E-state index contributed by atoms with van der Waals surface area (Å²) in [6.45, 7) is 7.19. The first-order chi connectivity index (χ1) is 12.8. The molecule has 2 aromatic heterocycles. The van der Waals surface area contributed by atoms with Gasteiger partial charge in [0.2, 0.25) is 0 Å². The maximum atomic E-state index is 4.40. The average molecular weight is 348 g/mol. The minimum atomic E-state index is 0.753. The molecule has 1 aliphatic rings. The third kappa shape index (κ3) is 3.91. The minimum Gasteiger partial charge on any atom is -0.353 e. The lowest BCUT2D eigenvalue weighted by Crippen LogP contribution is -2.47. The van der Waals surface area contributed by atoms with Gasteiger partial charge >= 0.3 is 0 Å². The van der Waals surface area contributed by atoms with Gasteiger partial charge in [-0.2, -0.15) is 5.10 Å². The van der Waals surface area contributed by atoms with Crippen molar-refractivity contribution in [1.29, 1.82) is 0 Å². The first-order valence-electron chi connectivity index (χ1n) is 9.15. The normalized spacial score (nSPS) is 15.3. The first-order valence-corrected chi connectivity index (χ1v) is 9.15. The number of aromatic nitrogens is 4. The van der Waals surface area contributed by atoms with Gasteiger partial charge in [-0.05, 0) is 37.1 Å². The van der Waals surface area contributed by atoms with E-state index >= 15 is 0 Å². The van der Waals surface area contributed by atoms with Gasteiger partial charge in [0.25, 0.3) is 0 Å². The highest BCUT2D eigenvalue weighted by atomic mass is 15.4. The van der Waals surface area contributed by atoms with Crippen molar-refractivity contribution in [2.45, 2.75) is 13.3 Å². The predicted octanol–water partition coefficient (Wildman–Crippen LogP) is 2.34. The summed E-state index contributed by atoms with van der Waals surface area (Å²) in [4.78, 5) is 4.84. The van der Waals surface area contributed by atoms with E-state index in [1.165, 1.54) is 5.56 Å². The largest absolute Gasteiger partial charge is 0.353 e. The number of hydrogen-bond donors (Lipinski definition) is 0. The van der Waals surface area contributed by atoms with Gasteiger partial charge in [0.1, 0.15) is 0 Å². The first kappa shape index (κ1) is 16.7. The molecular weight excluding hydrogens is 324 g/mol. The van der Waals surface area contributed by atoms with Crippen molar-refractivity contribution < 1.29 is 0 Å². The molecule has 0 saturated carbocycles. The van der Waals surface area contributed by atoms with Gasteiger partial charge in [0.15, 0.2) is 11.6 Å². The van der Waals surface area contributed by atoms with E-state index in [2.05, 4.69) is 55.4 Å². The molecule has 0 spiro atoms. The zero-order valence-corrected chi connectivity index (χ0v) is 15.1. The van der Waals surface area contributed by atoms with Crippen molar-refractivity contribution in [3.05, 3.63) is 66.0 Å². The number of anilines is 1. The molecular formula is C20H24N6. The third-order valence-corrected chi connectivity index (χ3v) is 4.85. The van der Waals surface area contributed by atoms with Crippen LogP contribution in [0.5, 0.6) is 0 Å². The molecule has 0 bridgehead atoms. The lowest BCUT2D eigenvalue weighted by Gasteiger charge is -2.35. The van der Waals surface area contributed by atoms with E-state index in [0.717, 1.165) is 56.5 Å². The van der Waals surface area contributed by atoms with Crippen molar-refractivity contribution >= 4 is 5.82 Å². The number of rotatable bonds is 5. The van der Waals surface area contributed by atoms with Crippen LogP contribution in [0.15, 0.2) is 54.7 Å². The quantitative estimate of drug-likeness (QED) is 0.708. The predicted molar refractivity (Wildman–Crippen MR) is 103 cm³/mol. The van der Waals surface area contributed by atoms with Crippen LogP contribution in [0.25, 0.3) is 5.82 Å². The van der Waals surface area contributed by atoms with Crippen molar-refractivity contribution in [3.63, 3.8) is 0 Å². The lowest BCUT2D eigenvalue weighted by molar-refractivity contribution is 0.260. The van der Waals surface area contributed by atoms with Gasteiger partial charge < -0.3 is 4.90 Å². The zero-order valence-electron chi connectivity index (χ0n) is 15.1. The van der Waals surface area contributed by atoms with Crippen LogP contribution in [0, 0.1) is 6.92 Å². The third-order valence-electron chi connectivity index (χ3n) is 4.85. The Balaban J connectivity index is 1.30. The van der Waals surface area contributed by atoms with E-state index < -0.39 is 0 Å². The molecule has 6 nitrogen and oxygen atoms in total. The van der Waals surface area contributed by atoms with Gasteiger partial charge in [0.05, 0.1) is 5.69 Å². The number of nitrogens with zero attached hydrogens (tertiary/aromatic N) is 6. The highest BCUT2D eigenvalue weighted by Gasteiger charge is 2.18. The summed E-state index contributed by atoms with van der Waals surface area (Å²) in [5.74, 6) is 1.70. The molecule has 0 aliphatic carbocycles. The molecule has 4 rings (SSSR count). The Labute approximate surface area is 154 Å². The number of aryl methyl sites for hydroxylation is 1. The smallest absolute Gasteiger partial charge is 0.175 e. The highest BCUT2D eigenvalue weighted by molar-refractivity contribution is 5.40. The fourth-order valence-corrected chi connectivity index (χ4v) is 3.28. The van der Waals surface area contributed by atoms with Crippen molar-refractivity contribution in [2.75, 3.05) is 37.6 Å². The van der Waals surface area contributed by atoms with E-state index in [0.29, 0.717) is 0 Å². The Morgan fingerprint density at radius 1 is 0.846 bits per heavy atom. The fourth-order valence-electron chi connectivity index (χ4n) is 3.28. The molecule has 0 N–H and O–H groups in total. The van der Waals surface area contributed by atoms with Crippen LogP contribution in [0.1, 0.15) is 11.3 Å². The number of benzene rings is 1. The molecule has 0 radical (unpaired) electrons. The highest BCUT2D eigenvalue weighted by Crippen LogP contribution is 2.14. The van der Waals surface area contributed by atoms with Gasteiger partial charge in [-0.3, -0.25) is 4.90 Å². The van der Waals surface area contributed by atoms with Crippen LogP contribution >= 0.6 is 0 Å². The Hall–Kier alpha value is -2.73. The molecule has 3 aromatic rings. The molecule has 1 aromatic carbocycles. The minimum absolute atomic E-state index is 0.753. The zero-order chi connectivity index (χ0) is 17.8. The van der Waals surface area contributed by atoms with Crippen LogP contribution in [0.3, 0.4) is 0 Å². The molecule has 134 valence electrons.